The second-order valence-electron chi connectivity index (χ2n) is 3.45. The highest BCUT2D eigenvalue weighted by atomic mass is 16.6. The van der Waals surface area contributed by atoms with Crippen LogP contribution in [-0.2, 0) is 11.3 Å². The third-order valence-corrected chi connectivity index (χ3v) is 2.11. The molecule has 1 N–H and O–H groups in total. The summed E-state index contributed by atoms with van der Waals surface area (Å²) < 4.78 is 0. The summed E-state index contributed by atoms with van der Waals surface area (Å²) in [5.74, 6) is 0.000790. The second kappa shape index (κ2) is 5.85. The third kappa shape index (κ3) is 3.68. The molecule has 0 aliphatic carbocycles. The smallest absolute Gasteiger partial charge is 0.269 e. The number of carbonyl (C=O) groups is 1. The molecule has 0 heterocycles. The van der Waals surface area contributed by atoms with E-state index in [-0.39, 0.29) is 11.6 Å². The number of non-ortho nitro benzene ring substituents is 1. The number of nitro benzene ring substituents is 1. The van der Waals surface area contributed by atoms with Crippen molar-refractivity contribution in [3.8, 4) is 0 Å². The van der Waals surface area contributed by atoms with Crippen LogP contribution in [0.25, 0.3) is 0 Å². The minimum Gasteiger partial charge on any atom is -0.352 e. The van der Waals surface area contributed by atoms with Gasteiger partial charge in [0.15, 0.2) is 0 Å². The van der Waals surface area contributed by atoms with Gasteiger partial charge in [0.1, 0.15) is 0 Å². The van der Waals surface area contributed by atoms with Crippen LogP contribution in [0, 0.1) is 10.1 Å². The van der Waals surface area contributed by atoms with Crippen molar-refractivity contribution < 1.29 is 9.72 Å². The molecular weight excluding hydrogens is 208 g/mol. The monoisotopic (exact) mass is 222 g/mol. The quantitative estimate of drug-likeness (QED) is 0.611. The van der Waals surface area contributed by atoms with Crippen molar-refractivity contribution >= 4 is 11.6 Å². The predicted molar refractivity (Wildman–Crippen MR) is 59.9 cm³/mol. The van der Waals surface area contributed by atoms with Crippen molar-refractivity contribution in [2.75, 3.05) is 0 Å². The van der Waals surface area contributed by atoms with Crippen LogP contribution in [0.2, 0.25) is 0 Å². The van der Waals surface area contributed by atoms with Gasteiger partial charge < -0.3 is 5.32 Å². The lowest BCUT2D eigenvalue weighted by atomic mass is 10.2. The first-order valence-corrected chi connectivity index (χ1v) is 5.13. The van der Waals surface area contributed by atoms with Crippen molar-refractivity contribution in [1.29, 1.82) is 0 Å². The molecule has 1 aromatic carbocycles. The Bertz CT molecular complexity index is 373. The molecule has 0 bridgehead atoms. The van der Waals surface area contributed by atoms with Crippen molar-refractivity contribution in [2.45, 2.75) is 26.3 Å². The summed E-state index contributed by atoms with van der Waals surface area (Å²) in [6.07, 6.45) is 1.32. The second-order valence-corrected chi connectivity index (χ2v) is 3.45. The molecule has 0 saturated heterocycles. The van der Waals surface area contributed by atoms with E-state index in [4.69, 9.17) is 0 Å². The summed E-state index contributed by atoms with van der Waals surface area (Å²) in [7, 11) is 0. The number of carbonyl (C=O) groups excluding carboxylic acids is 1. The molecule has 1 aromatic rings. The Balaban J connectivity index is 2.49. The molecule has 0 radical (unpaired) electrons. The zero-order valence-corrected chi connectivity index (χ0v) is 9.10. The fourth-order valence-corrected chi connectivity index (χ4v) is 1.25. The van der Waals surface area contributed by atoms with Gasteiger partial charge in [-0.1, -0.05) is 19.1 Å². The van der Waals surface area contributed by atoms with E-state index >= 15 is 0 Å². The molecule has 0 aromatic heterocycles. The van der Waals surface area contributed by atoms with E-state index in [9.17, 15) is 14.9 Å². The topological polar surface area (TPSA) is 72.2 Å². The number of nitrogens with one attached hydrogen (secondary N) is 1. The largest absolute Gasteiger partial charge is 0.352 e. The first-order chi connectivity index (χ1) is 7.63. The zero-order chi connectivity index (χ0) is 12.0. The number of rotatable bonds is 5. The molecule has 0 unspecified atom stereocenters. The highest BCUT2D eigenvalue weighted by Gasteiger charge is 2.04. The SMILES string of the molecule is CCCC(=O)NCc1ccc([N+](=O)[O-])cc1. The van der Waals surface area contributed by atoms with Gasteiger partial charge in [-0.3, -0.25) is 14.9 Å². The molecule has 1 rings (SSSR count). The van der Waals surface area contributed by atoms with Crippen molar-refractivity contribution in [3.05, 3.63) is 39.9 Å². The summed E-state index contributed by atoms with van der Waals surface area (Å²) in [5, 5.41) is 13.1. The Morgan fingerprint density at radius 2 is 2.00 bits per heavy atom. The Labute approximate surface area is 93.6 Å². The maximum Gasteiger partial charge on any atom is 0.269 e. The van der Waals surface area contributed by atoms with Gasteiger partial charge in [0.2, 0.25) is 5.91 Å². The van der Waals surface area contributed by atoms with E-state index in [1.54, 1.807) is 12.1 Å². The lowest BCUT2D eigenvalue weighted by Gasteiger charge is -2.03. The molecule has 0 aliphatic rings. The highest BCUT2D eigenvalue weighted by molar-refractivity contribution is 5.75. The highest BCUT2D eigenvalue weighted by Crippen LogP contribution is 2.11. The van der Waals surface area contributed by atoms with Crippen LogP contribution < -0.4 is 5.32 Å². The normalized spacial score (nSPS) is 9.81. The van der Waals surface area contributed by atoms with Crippen LogP contribution >= 0.6 is 0 Å². The third-order valence-electron chi connectivity index (χ3n) is 2.11. The number of nitro groups is 1. The van der Waals surface area contributed by atoms with Gasteiger partial charge in [-0.25, -0.2) is 0 Å². The van der Waals surface area contributed by atoms with Gasteiger partial charge >= 0.3 is 0 Å². The summed E-state index contributed by atoms with van der Waals surface area (Å²) in [6, 6.07) is 6.15. The summed E-state index contributed by atoms with van der Waals surface area (Å²) in [5.41, 5.74) is 0.915. The minimum absolute atomic E-state index is 0.000790. The fourth-order valence-electron chi connectivity index (χ4n) is 1.25. The predicted octanol–water partition coefficient (Wildman–Crippen LogP) is 2.01. The fraction of sp³-hybridized carbons (Fsp3) is 0.364. The molecule has 5 nitrogen and oxygen atoms in total. The van der Waals surface area contributed by atoms with Crippen LogP contribution in [0.3, 0.4) is 0 Å². The number of amides is 1. The molecule has 0 saturated carbocycles. The van der Waals surface area contributed by atoms with Gasteiger partial charge in [-0.05, 0) is 12.0 Å². The lowest BCUT2D eigenvalue weighted by molar-refractivity contribution is -0.384. The van der Waals surface area contributed by atoms with Crippen molar-refractivity contribution in [3.63, 3.8) is 0 Å². The molecule has 0 atom stereocenters. The average molecular weight is 222 g/mol. The summed E-state index contributed by atoms with van der Waals surface area (Å²) in [4.78, 5) is 21.1. The van der Waals surface area contributed by atoms with Crippen LogP contribution in [0.5, 0.6) is 0 Å². The first kappa shape index (κ1) is 12.2. The van der Waals surface area contributed by atoms with E-state index in [2.05, 4.69) is 5.32 Å². The van der Waals surface area contributed by atoms with Gasteiger partial charge in [0, 0.05) is 25.1 Å². The van der Waals surface area contributed by atoms with Crippen molar-refractivity contribution in [2.24, 2.45) is 0 Å². The Morgan fingerprint density at radius 1 is 1.38 bits per heavy atom. The van der Waals surface area contributed by atoms with Crippen molar-refractivity contribution in [1.82, 2.24) is 5.32 Å². The number of hydrogen-bond acceptors (Lipinski definition) is 3. The maximum absolute atomic E-state index is 11.2. The number of hydrogen-bond donors (Lipinski definition) is 1. The molecule has 5 heteroatoms. The summed E-state index contributed by atoms with van der Waals surface area (Å²) in [6.45, 7) is 2.35. The lowest BCUT2D eigenvalue weighted by Crippen LogP contribution is -2.21. The number of benzene rings is 1. The molecule has 16 heavy (non-hydrogen) atoms. The van der Waals surface area contributed by atoms with Crippen LogP contribution in [0.15, 0.2) is 24.3 Å². The molecule has 0 fully saturated rings. The van der Waals surface area contributed by atoms with E-state index in [1.807, 2.05) is 6.92 Å². The van der Waals surface area contributed by atoms with Crippen LogP contribution in [0.4, 0.5) is 5.69 Å². The Morgan fingerprint density at radius 3 is 2.50 bits per heavy atom. The Hall–Kier alpha value is -1.91. The average Bonchev–Trinajstić information content (AvgIpc) is 2.27. The molecule has 0 aliphatic heterocycles. The first-order valence-electron chi connectivity index (χ1n) is 5.13. The number of nitrogens with zero attached hydrogens (tertiary/aromatic N) is 1. The van der Waals surface area contributed by atoms with E-state index in [1.165, 1.54) is 12.1 Å². The van der Waals surface area contributed by atoms with E-state index in [0.717, 1.165) is 12.0 Å². The standard InChI is InChI=1S/C11H14N2O3/c1-2-3-11(14)12-8-9-4-6-10(7-5-9)13(15)16/h4-7H,2-3,8H2,1H3,(H,12,14). The molecule has 1 amide bonds. The molecule has 0 spiro atoms. The van der Waals surface area contributed by atoms with E-state index < -0.39 is 4.92 Å². The van der Waals surface area contributed by atoms with Gasteiger partial charge in [0.05, 0.1) is 4.92 Å². The molecular formula is C11H14N2O3. The van der Waals surface area contributed by atoms with Crippen LogP contribution in [0.1, 0.15) is 25.3 Å². The Kier molecular flexibility index (Phi) is 4.44. The zero-order valence-electron chi connectivity index (χ0n) is 9.10. The maximum atomic E-state index is 11.2. The van der Waals surface area contributed by atoms with E-state index in [0.29, 0.717) is 13.0 Å². The van der Waals surface area contributed by atoms with Gasteiger partial charge in [0.25, 0.3) is 5.69 Å². The minimum atomic E-state index is -0.445. The summed E-state index contributed by atoms with van der Waals surface area (Å²) >= 11 is 0. The van der Waals surface area contributed by atoms with Crippen LogP contribution in [-0.4, -0.2) is 10.8 Å². The van der Waals surface area contributed by atoms with Gasteiger partial charge in [-0.15, -0.1) is 0 Å². The molecule has 86 valence electrons. The van der Waals surface area contributed by atoms with Gasteiger partial charge in [-0.2, -0.15) is 0 Å².